The minimum Gasteiger partial charge on any atom is -0.494 e. The molecule has 0 aliphatic heterocycles. The van der Waals surface area contributed by atoms with Crippen LogP contribution in [0.15, 0.2) is 28.7 Å². The molecule has 1 rings (SSSR count). The second-order valence-corrected chi connectivity index (χ2v) is 4.00. The van der Waals surface area contributed by atoms with Crippen LogP contribution in [0.4, 0.5) is 0 Å². The van der Waals surface area contributed by atoms with Crippen molar-refractivity contribution in [2.45, 2.75) is 12.8 Å². The van der Waals surface area contributed by atoms with Crippen molar-refractivity contribution in [3.05, 3.63) is 28.7 Å². The molecule has 0 aliphatic rings. The van der Waals surface area contributed by atoms with Crippen LogP contribution in [0.2, 0.25) is 0 Å². The summed E-state index contributed by atoms with van der Waals surface area (Å²) >= 11 is 8.93. The number of rotatable bonds is 5. The fourth-order valence-electron chi connectivity index (χ4n) is 0.943. The predicted octanol–water partition coefficient (Wildman–Crippen LogP) is 3.85. The van der Waals surface area contributed by atoms with E-state index in [0.29, 0.717) is 5.88 Å². The Bertz CT molecular complexity index is 252. The zero-order chi connectivity index (χ0) is 9.52. The number of alkyl halides is 1. The normalized spacial score (nSPS) is 10.0. The molecule has 72 valence electrons. The van der Waals surface area contributed by atoms with Crippen LogP contribution in [0.1, 0.15) is 12.8 Å². The van der Waals surface area contributed by atoms with E-state index < -0.39 is 0 Å². The maximum atomic E-state index is 5.55. The Hall–Kier alpha value is -0.210. The monoisotopic (exact) mass is 262 g/mol. The molecule has 0 bridgehead atoms. The van der Waals surface area contributed by atoms with Crippen molar-refractivity contribution in [2.24, 2.45) is 0 Å². The fourth-order valence-corrected chi connectivity index (χ4v) is 1.51. The number of hydrogen-bond donors (Lipinski definition) is 0. The van der Waals surface area contributed by atoms with Gasteiger partial charge in [0.15, 0.2) is 0 Å². The Morgan fingerprint density at radius 1 is 1.31 bits per heavy atom. The molecule has 0 atom stereocenters. The van der Waals surface area contributed by atoms with E-state index in [0.717, 1.165) is 29.7 Å². The molecule has 0 spiro atoms. The fraction of sp³-hybridized carbons (Fsp3) is 0.400. The highest BCUT2D eigenvalue weighted by atomic mass is 79.9. The standard InChI is InChI=1S/C10H12BrClO/c11-9-4-3-5-10(8-9)13-7-2-1-6-12/h3-5,8H,1-2,6-7H2. The van der Waals surface area contributed by atoms with Crippen LogP contribution >= 0.6 is 27.5 Å². The van der Waals surface area contributed by atoms with Crippen LogP contribution in [0.5, 0.6) is 5.75 Å². The average Bonchev–Trinajstić information content (AvgIpc) is 2.13. The molecule has 1 aromatic rings. The third kappa shape index (κ3) is 4.53. The molecular formula is C10H12BrClO. The lowest BCUT2D eigenvalue weighted by molar-refractivity contribution is 0.309. The average molecular weight is 264 g/mol. The van der Waals surface area contributed by atoms with Gasteiger partial charge >= 0.3 is 0 Å². The summed E-state index contributed by atoms with van der Waals surface area (Å²) in [6.45, 7) is 0.739. The van der Waals surface area contributed by atoms with E-state index in [9.17, 15) is 0 Å². The maximum absolute atomic E-state index is 5.55. The molecule has 0 fully saturated rings. The first kappa shape index (κ1) is 10.9. The molecule has 1 nitrogen and oxygen atoms in total. The van der Waals surface area contributed by atoms with Gasteiger partial charge in [-0.3, -0.25) is 0 Å². The number of ether oxygens (including phenoxy) is 1. The van der Waals surface area contributed by atoms with E-state index in [1.807, 2.05) is 24.3 Å². The van der Waals surface area contributed by atoms with Gasteiger partial charge < -0.3 is 4.74 Å². The number of halogens is 2. The van der Waals surface area contributed by atoms with E-state index in [1.54, 1.807) is 0 Å². The third-order valence-electron chi connectivity index (χ3n) is 1.59. The quantitative estimate of drug-likeness (QED) is 0.579. The van der Waals surface area contributed by atoms with Gasteiger partial charge in [0.1, 0.15) is 5.75 Å². The van der Waals surface area contributed by atoms with Crippen LogP contribution in [0.25, 0.3) is 0 Å². The van der Waals surface area contributed by atoms with Crippen molar-refractivity contribution in [3.63, 3.8) is 0 Å². The number of unbranched alkanes of at least 4 members (excludes halogenated alkanes) is 1. The summed E-state index contributed by atoms with van der Waals surface area (Å²) in [4.78, 5) is 0. The first-order chi connectivity index (χ1) is 6.33. The summed E-state index contributed by atoms with van der Waals surface area (Å²) in [5, 5.41) is 0. The summed E-state index contributed by atoms with van der Waals surface area (Å²) in [6.07, 6.45) is 2.02. The SMILES string of the molecule is ClCCCCOc1cccc(Br)c1. The Balaban J connectivity index is 2.28. The van der Waals surface area contributed by atoms with Crippen LogP contribution < -0.4 is 4.74 Å². The summed E-state index contributed by atoms with van der Waals surface area (Å²) in [5.41, 5.74) is 0. The lowest BCUT2D eigenvalue weighted by Crippen LogP contribution is -1.97. The first-order valence-corrected chi connectivity index (χ1v) is 5.60. The van der Waals surface area contributed by atoms with Gasteiger partial charge in [-0.1, -0.05) is 22.0 Å². The molecule has 0 amide bonds. The molecular weight excluding hydrogens is 251 g/mol. The summed E-state index contributed by atoms with van der Waals surface area (Å²) < 4.78 is 6.54. The molecule has 0 heterocycles. The zero-order valence-corrected chi connectivity index (χ0v) is 9.64. The molecule has 0 unspecified atom stereocenters. The lowest BCUT2D eigenvalue weighted by atomic mass is 10.3. The molecule has 0 N–H and O–H groups in total. The van der Waals surface area contributed by atoms with Gasteiger partial charge in [0.25, 0.3) is 0 Å². The van der Waals surface area contributed by atoms with Crippen LogP contribution in [0.3, 0.4) is 0 Å². The van der Waals surface area contributed by atoms with Gasteiger partial charge in [0, 0.05) is 10.4 Å². The van der Waals surface area contributed by atoms with Gasteiger partial charge in [-0.2, -0.15) is 0 Å². The Morgan fingerprint density at radius 3 is 2.85 bits per heavy atom. The second-order valence-electron chi connectivity index (χ2n) is 2.70. The lowest BCUT2D eigenvalue weighted by Gasteiger charge is -2.04. The molecule has 0 saturated carbocycles. The third-order valence-corrected chi connectivity index (χ3v) is 2.35. The highest BCUT2D eigenvalue weighted by Gasteiger charge is 1.93. The minimum atomic E-state index is 0.710. The molecule has 1 aromatic carbocycles. The molecule has 13 heavy (non-hydrogen) atoms. The van der Waals surface area contributed by atoms with Crippen molar-refractivity contribution in [1.29, 1.82) is 0 Å². The largest absolute Gasteiger partial charge is 0.494 e. The zero-order valence-electron chi connectivity index (χ0n) is 7.30. The number of hydrogen-bond acceptors (Lipinski definition) is 1. The predicted molar refractivity (Wildman–Crippen MR) is 59.6 cm³/mol. The van der Waals surface area contributed by atoms with E-state index in [4.69, 9.17) is 16.3 Å². The van der Waals surface area contributed by atoms with Crippen molar-refractivity contribution in [2.75, 3.05) is 12.5 Å². The summed E-state index contributed by atoms with van der Waals surface area (Å²) in [7, 11) is 0. The van der Waals surface area contributed by atoms with Gasteiger partial charge in [-0.25, -0.2) is 0 Å². The number of benzene rings is 1. The Morgan fingerprint density at radius 2 is 2.15 bits per heavy atom. The van der Waals surface area contributed by atoms with Gasteiger partial charge in [-0.15, -0.1) is 11.6 Å². The Labute approximate surface area is 92.2 Å². The topological polar surface area (TPSA) is 9.23 Å². The highest BCUT2D eigenvalue weighted by Crippen LogP contribution is 2.17. The van der Waals surface area contributed by atoms with E-state index in [1.165, 1.54) is 0 Å². The molecule has 0 radical (unpaired) electrons. The van der Waals surface area contributed by atoms with Crippen LogP contribution in [0, 0.1) is 0 Å². The highest BCUT2D eigenvalue weighted by molar-refractivity contribution is 9.10. The van der Waals surface area contributed by atoms with Gasteiger partial charge in [-0.05, 0) is 31.0 Å². The summed E-state index contributed by atoms with van der Waals surface area (Å²) in [5.74, 6) is 1.62. The molecule has 0 saturated heterocycles. The molecule has 0 aliphatic carbocycles. The van der Waals surface area contributed by atoms with Crippen molar-refractivity contribution in [1.82, 2.24) is 0 Å². The van der Waals surface area contributed by atoms with Crippen LogP contribution in [-0.2, 0) is 0 Å². The first-order valence-electron chi connectivity index (χ1n) is 4.27. The van der Waals surface area contributed by atoms with E-state index in [-0.39, 0.29) is 0 Å². The van der Waals surface area contributed by atoms with Gasteiger partial charge in [0.05, 0.1) is 6.61 Å². The second kappa shape index (κ2) is 6.28. The van der Waals surface area contributed by atoms with Crippen molar-refractivity contribution in [3.8, 4) is 5.75 Å². The summed E-state index contributed by atoms with van der Waals surface area (Å²) in [6, 6.07) is 7.85. The molecule has 3 heteroatoms. The molecule has 0 aromatic heterocycles. The van der Waals surface area contributed by atoms with E-state index >= 15 is 0 Å². The van der Waals surface area contributed by atoms with Crippen LogP contribution in [-0.4, -0.2) is 12.5 Å². The Kier molecular flexibility index (Phi) is 5.25. The van der Waals surface area contributed by atoms with E-state index in [2.05, 4.69) is 15.9 Å². The minimum absolute atomic E-state index is 0.710. The smallest absolute Gasteiger partial charge is 0.120 e. The maximum Gasteiger partial charge on any atom is 0.120 e. The van der Waals surface area contributed by atoms with Crippen molar-refractivity contribution < 1.29 is 4.74 Å². The van der Waals surface area contributed by atoms with Crippen molar-refractivity contribution >= 4 is 27.5 Å². The van der Waals surface area contributed by atoms with Gasteiger partial charge in [0.2, 0.25) is 0 Å².